The Hall–Kier alpha value is -0.730. The number of carbonyl (C=O) groups is 1. The van der Waals surface area contributed by atoms with Crippen molar-refractivity contribution < 1.29 is 9.53 Å². The highest BCUT2D eigenvalue weighted by molar-refractivity contribution is 6.53. The van der Waals surface area contributed by atoms with Crippen LogP contribution in [-0.2, 0) is 4.79 Å². The molecule has 98 valence electrons. The predicted molar refractivity (Wildman–Crippen MR) is 73.4 cm³/mol. The van der Waals surface area contributed by atoms with Gasteiger partial charge in [0.15, 0.2) is 0 Å². The quantitative estimate of drug-likeness (QED) is 0.465. The topological polar surface area (TPSA) is 26.3 Å². The van der Waals surface area contributed by atoms with Gasteiger partial charge in [-0.1, -0.05) is 17.7 Å². The highest BCUT2D eigenvalue weighted by atomic mass is 35.5. The minimum atomic E-state index is -0.989. The van der Waals surface area contributed by atoms with Crippen LogP contribution < -0.4 is 4.74 Å². The fraction of sp³-hybridized carbons (Fsp3) is 0.500. The maximum Gasteiger partial charge on any atom is 0.320 e. The molecular weight excluding hydrogens is 271 g/mol. The molecular formula is C14H16Cl2O2. The molecule has 1 unspecified atom stereocenters. The largest absolute Gasteiger partial charge is 0.425 e. The molecule has 2 rings (SSSR count). The molecule has 0 N–H and O–H groups in total. The van der Waals surface area contributed by atoms with Crippen LogP contribution in [0.4, 0.5) is 0 Å². The Morgan fingerprint density at radius 3 is 2.06 bits per heavy atom. The summed E-state index contributed by atoms with van der Waals surface area (Å²) in [6.07, 6.45) is 0.436. The van der Waals surface area contributed by atoms with Gasteiger partial charge in [-0.15, -0.1) is 23.2 Å². The van der Waals surface area contributed by atoms with Gasteiger partial charge in [-0.25, -0.2) is 0 Å². The van der Waals surface area contributed by atoms with E-state index in [9.17, 15) is 4.79 Å². The summed E-state index contributed by atoms with van der Waals surface area (Å²) in [6.45, 7) is 7.59. The molecule has 0 heterocycles. The SMILES string of the molecule is Cc1cc(C)c(OC(=O)C2(C)CC2(Cl)Cl)c(C)c1. The maximum atomic E-state index is 12.1. The summed E-state index contributed by atoms with van der Waals surface area (Å²) < 4.78 is 4.50. The maximum absolute atomic E-state index is 12.1. The molecule has 0 aromatic heterocycles. The first-order chi connectivity index (χ1) is 8.17. The van der Waals surface area contributed by atoms with Crippen LogP contribution in [0.2, 0.25) is 0 Å². The van der Waals surface area contributed by atoms with Crippen LogP contribution >= 0.6 is 23.2 Å². The first kappa shape index (κ1) is 13.7. The van der Waals surface area contributed by atoms with Crippen molar-refractivity contribution >= 4 is 29.2 Å². The lowest BCUT2D eigenvalue weighted by molar-refractivity contribution is -0.139. The van der Waals surface area contributed by atoms with Crippen molar-refractivity contribution in [1.29, 1.82) is 0 Å². The van der Waals surface area contributed by atoms with Crippen molar-refractivity contribution in [2.24, 2.45) is 5.41 Å². The molecule has 0 aliphatic heterocycles. The zero-order valence-electron chi connectivity index (χ0n) is 10.9. The Bertz CT molecular complexity index is 500. The Balaban J connectivity index is 2.24. The van der Waals surface area contributed by atoms with Gasteiger partial charge in [0.05, 0.1) is 0 Å². The zero-order chi connectivity index (χ0) is 13.7. The van der Waals surface area contributed by atoms with E-state index in [-0.39, 0.29) is 5.97 Å². The van der Waals surface area contributed by atoms with E-state index in [1.165, 1.54) is 0 Å². The highest BCUT2D eigenvalue weighted by Gasteiger charge is 2.69. The van der Waals surface area contributed by atoms with Crippen LogP contribution in [0, 0.1) is 26.2 Å². The van der Waals surface area contributed by atoms with Crippen LogP contribution in [-0.4, -0.2) is 10.3 Å². The summed E-state index contributed by atoms with van der Waals surface area (Å²) in [5, 5.41) is 0. The second-order valence-electron chi connectivity index (χ2n) is 5.33. The average molecular weight is 287 g/mol. The normalized spacial score (nSPS) is 24.8. The van der Waals surface area contributed by atoms with Crippen LogP contribution in [0.15, 0.2) is 12.1 Å². The fourth-order valence-corrected chi connectivity index (χ4v) is 2.84. The van der Waals surface area contributed by atoms with E-state index in [0.29, 0.717) is 12.2 Å². The molecule has 0 saturated heterocycles. The van der Waals surface area contributed by atoms with Crippen LogP contribution in [0.3, 0.4) is 0 Å². The molecule has 1 aliphatic rings. The number of esters is 1. The van der Waals surface area contributed by atoms with Crippen molar-refractivity contribution in [3.8, 4) is 5.75 Å². The zero-order valence-corrected chi connectivity index (χ0v) is 12.4. The molecule has 1 atom stereocenters. The third-order valence-corrected chi connectivity index (χ3v) is 4.61. The van der Waals surface area contributed by atoms with Gasteiger partial charge in [0.2, 0.25) is 0 Å². The summed E-state index contributed by atoms with van der Waals surface area (Å²) in [4.78, 5) is 12.1. The minimum absolute atomic E-state index is 0.359. The Kier molecular flexibility index (Phi) is 3.15. The van der Waals surface area contributed by atoms with Crippen LogP contribution in [0.1, 0.15) is 30.0 Å². The summed E-state index contributed by atoms with van der Waals surface area (Å²) in [7, 11) is 0. The van der Waals surface area contributed by atoms with E-state index < -0.39 is 9.75 Å². The Morgan fingerprint density at radius 1 is 1.22 bits per heavy atom. The number of hydrogen-bond acceptors (Lipinski definition) is 2. The average Bonchev–Trinajstić information content (AvgIpc) is 2.73. The third-order valence-electron chi connectivity index (χ3n) is 3.51. The van der Waals surface area contributed by atoms with Gasteiger partial charge in [-0.3, -0.25) is 4.79 Å². The third kappa shape index (κ3) is 2.12. The van der Waals surface area contributed by atoms with Gasteiger partial charge in [0, 0.05) is 6.42 Å². The molecule has 4 heteroatoms. The lowest BCUT2D eigenvalue weighted by atomic mass is 10.1. The highest BCUT2D eigenvalue weighted by Crippen LogP contribution is 2.64. The molecule has 18 heavy (non-hydrogen) atoms. The molecule has 1 saturated carbocycles. The van der Waals surface area contributed by atoms with Crippen molar-refractivity contribution in [2.45, 2.75) is 38.4 Å². The fourth-order valence-electron chi connectivity index (χ4n) is 2.15. The Morgan fingerprint density at radius 2 is 1.67 bits per heavy atom. The lowest BCUT2D eigenvalue weighted by Crippen LogP contribution is -2.24. The standard InChI is InChI=1S/C14H16Cl2O2/c1-8-5-9(2)11(10(3)6-8)18-12(17)13(4)7-14(13,15)16/h5-6H,7H2,1-4H3. The van der Waals surface area contributed by atoms with Gasteiger partial charge < -0.3 is 4.74 Å². The lowest BCUT2D eigenvalue weighted by Gasteiger charge is -2.15. The van der Waals surface area contributed by atoms with E-state index in [1.54, 1.807) is 6.92 Å². The molecule has 0 amide bonds. The minimum Gasteiger partial charge on any atom is -0.425 e. The summed E-state index contributed by atoms with van der Waals surface area (Å²) in [5.74, 6) is 0.255. The first-order valence-electron chi connectivity index (χ1n) is 5.85. The van der Waals surface area contributed by atoms with Crippen molar-refractivity contribution in [3.05, 3.63) is 28.8 Å². The van der Waals surface area contributed by atoms with E-state index in [1.807, 2.05) is 32.9 Å². The van der Waals surface area contributed by atoms with E-state index in [2.05, 4.69) is 0 Å². The number of alkyl halides is 2. The molecule has 1 aromatic rings. The first-order valence-corrected chi connectivity index (χ1v) is 6.61. The number of benzene rings is 1. The second kappa shape index (κ2) is 4.14. The van der Waals surface area contributed by atoms with Gasteiger partial charge in [-0.2, -0.15) is 0 Å². The number of rotatable bonds is 2. The monoisotopic (exact) mass is 286 g/mol. The Labute approximate surface area is 117 Å². The van der Waals surface area contributed by atoms with Gasteiger partial charge in [0.1, 0.15) is 15.5 Å². The van der Waals surface area contributed by atoms with Gasteiger partial charge >= 0.3 is 5.97 Å². The predicted octanol–water partition coefficient (Wildman–Crippen LogP) is 4.10. The van der Waals surface area contributed by atoms with Crippen molar-refractivity contribution in [1.82, 2.24) is 0 Å². The molecule has 0 bridgehead atoms. The molecule has 1 aromatic carbocycles. The number of hydrogen-bond donors (Lipinski definition) is 0. The van der Waals surface area contributed by atoms with Gasteiger partial charge in [0.25, 0.3) is 0 Å². The molecule has 1 fully saturated rings. The molecule has 2 nitrogen and oxygen atoms in total. The smallest absolute Gasteiger partial charge is 0.320 e. The van der Waals surface area contributed by atoms with E-state index >= 15 is 0 Å². The number of carbonyl (C=O) groups excluding carboxylic acids is 1. The van der Waals surface area contributed by atoms with E-state index in [4.69, 9.17) is 27.9 Å². The van der Waals surface area contributed by atoms with E-state index in [0.717, 1.165) is 16.7 Å². The number of ether oxygens (including phenoxy) is 1. The number of aryl methyl sites for hydroxylation is 3. The second-order valence-corrected chi connectivity index (χ2v) is 6.81. The number of halogens is 2. The van der Waals surface area contributed by atoms with Gasteiger partial charge in [-0.05, 0) is 38.8 Å². The summed E-state index contributed by atoms with van der Waals surface area (Å²) in [6, 6.07) is 3.97. The summed E-state index contributed by atoms with van der Waals surface area (Å²) in [5.41, 5.74) is 2.24. The van der Waals surface area contributed by atoms with Crippen LogP contribution in [0.25, 0.3) is 0 Å². The molecule has 0 radical (unpaired) electrons. The van der Waals surface area contributed by atoms with Crippen molar-refractivity contribution in [2.75, 3.05) is 0 Å². The molecule has 0 spiro atoms. The van der Waals surface area contributed by atoms with Crippen LogP contribution in [0.5, 0.6) is 5.75 Å². The summed E-state index contributed by atoms with van der Waals surface area (Å²) >= 11 is 12.0. The molecule has 1 aliphatic carbocycles. The van der Waals surface area contributed by atoms with Crippen molar-refractivity contribution in [3.63, 3.8) is 0 Å².